The van der Waals surface area contributed by atoms with Crippen LogP contribution in [-0.4, -0.2) is 22.6 Å². The van der Waals surface area contributed by atoms with Crippen LogP contribution in [-0.2, 0) is 6.42 Å². The summed E-state index contributed by atoms with van der Waals surface area (Å²) in [6, 6.07) is 5.23. The molecule has 0 aliphatic carbocycles. The molecule has 3 heterocycles. The Kier molecular flexibility index (Phi) is 3.40. The van der Waals surface area contributed by atoms with E-state index >= 15 is 0 Å². The van der Waals surface area contributed by atoms with Crippen LogP contribution in [0, 0.1) is 0 Å². The molecule has 0 amide bonds. The van der Waals surface area contributed by atoms with Gasteiger partial charge in [0.25, 0.3) is 0 Å². The molecule has 20 heavy (non-hydrogen) atoms. The second-order valence-corrected chi connectivity index (χ2v) is 6.12. The maximum absolute atomic E-state index is 11.4. The van der Waals surface area contributed by atoms with Gasteiger partial charge >= 0.3 is 5.97 Å². The molecule has 6 heteroatoms. The van der Waals surface area contributed by atoms with Crippen LogP contribution in [0.25, 0.3) is 0 Å². The van der Waals surface area contributed by atoms with Crippen LogP contribution in [0.2, 0.25) is 5.15 Å². The first kappa shape index (κ1) is 13.4. The van der Waals surface area contributed by atoms with Crippen LogP contribution in [0.4, 0.5) is 5.82 Å². The number of aromatic nitrogens is 1. The van der Waals surface area contributed by atoms with Crippen LogP contribution in [0.15, 0.2) is 23.6 Å². The van der Waals surface area contributed by atoms with Crippen molar-refractivity contribution in [2.45, 2.75) is 19.4 Å². The zero-order valence-corrected chi connectivity index (χ0v) is 12.4. The summed E-state index contributed by atoms with van der Waals surface area (Å²) in [6.07, 6.45) is 0.907. The molecular formula is C14H13ClN2O2S. The Morgan fingerprint density at radius 3 is 3.05 bits per heavy atom. The standard InChI is InChI=1S/C14H13ClN2O2S/c1-8-9-5-7-20-11(9)4-6-17(8)13-10(14(18)19)2-3-12(15)16-13/h2-3,5,7-8H,4,6H2,1H3,(H,18,19). The third kappa shape index (κ3) is 2.17. The average molecular weight is 309 g/mol. The van der Waals surface area contributed by atoms with Crippen LogP contribution < -0.4 is 4.90 Å². The molecule has 0 saturated carbocycles. The van der Waals surface area contributed by atoms with E-state index in [9.17, 15) is 9.90 Å². The highest BCUT2D eigenvalue weighted by atomic mass is 35.5. The van der Waals surface area contributed by atoms with E-state index in [4.69, 9.17) is 11.6 Å². The third-order valence-electron chi connectivity index (χ3n) is 3.62. The Morgan fingerprint density at radius 2 is 2.30 bits per heavy atom. The number of hydrogen-bond acceptors (Lipinski definition) is 4. The van der Waals surface area contributed by atoms with E-state index in [0.29, 0.717) is 11.0 Å². The summed E-state index contributed by atoms with van der Waals surface area (Å²) in [5.41, 5.74) is 1.44. The molecule has 0 saturated heterocycles. The Labute approximate surface area is 125 Å². The molecule has 104 valence electrons. The Hall–Kier alpha value is -1.59. The number of carbonyl (C=O) groups is 1. The molecule has 0 bridgehead atoms. The number of nitrogens with zero attached hydrogens (tertiary/aromatic N) is 2. The van der Waals surface area contributed by atoms with Gasteiger partial charge in [-0.2, -0.15) is 0 Å². The summed E-state index contributed by atoms with van der Waals surface area (Å²) in [5.74, 6) is -0.526. The second kappa shape index (κ2) is 5.07. The zero-order valence-electron chi connectivity index (χ0n) is 10.8. The monoisotopic (exact) mass is 308 g/mol. The molecule has 0 fully saturated rings. The summed E-state index contributed by atoms with van der Waals surface area (Å²) in [4.78, 5) is 19.0. The highest BCUT2D eigenvalue weighted by molar-refractivity contribution is 7.10. The van der Waals surface area contributed by atoms with E-state index in [0.717, 1.165) is 13.0 Å². The van der Waals surface area contributed by atoms with Crippen molar-refractivity contribution in [2.24, 2.45) is 0 Å². The minimum absolute atomic E-state index is 0.106. The summed E-state index contributed by atoms with van der Waals surface area (Å²) < 4.78 is 0. The Morgan fingerprint density at radius 1 is 1.50 bits per heavy atom. The van der Waals surface area contributed by atoms with Gasteiger partial charge in [0.05, 0.1) is 6.04 Å². The van der Waals surface area contributed by atoms with Gasteiger partial charge in [-0.3, -0.25) is 0 Å². The molecule has 1 N–H and O–H groups in total. The molecule has 1 aliphatic rings. The van der Waals surface area contributed by atoms with E-state index in [1.807, 2.05) is 4.90 Å². The number of aromatic carboxylic acids is 1. The first-order valence-electron chi connectivity index (χ1n) is 6.30. The normalized spacial score (nSPS) is 17.9. The fourth-order valence-corrected chi connectivity index (χ4v) is 3.72. The summed E-state index contributed by atoms with van der Waals surface area (Å²) >= 11 is 7.69. The predicted molar refractivity (Wildman–Crippen MR) is 80.0 cm³/mol. The number of pyridine rings is 1. The van der Waals surface area contributed by atoms with Crippen LogP contribution in [0.1, 0.15) is 33.8 Å². The minimum atomic E-state index is -0.979. The lowest BCUT2D eigenvalue weighted by atomic mass is 10.0. The van der Waals surface area contributed by atoms with E-state index in [-0.39, 0.29) is 11.6 Å². The van der Waals surface area contributed by atoms with E-state index < -0.39 is 5.97 Å². The average Bonchev–Trinajstić information content (AvgIpc) is 2.88. The third-order valence-corrected chi connectivity index (χ3v) is 4.83. The molecule has 1 unspecified atom stereocenters. The maximum Gasteiger partial charge on any atom is 0.339 e. The molecule has 2 aromatic heterocycles. The molecule has 0 aromatic carbocycles. The molecule has 0 spiro atoms. The first-order chi connectivity index (χ1) is 9.58. The fourth-order valence-electron chi connectivity index (χ4n) is 2.61. The summed E-state index contributed by atoms with van der Waals surface area (Å²) in [7, 11) is 0. The van der Waals surface area contributed by atoms with Crippen molar-refractivity contribution in [1.82, 2.24) is 4.98 Å². The van der Waals surface area contributed by atoms with Crippen LogP contribution in [0.5, 0.6) is 0 Å². The molecule has 4 nitrogen and oxygen atoms in total. The lowest BCUT2D eigenvalue weighted by molar-refractivity contribution is 0.0697. The molecule has 0 radical (unpaired) electrons. The van der Waals surface area contributed by atoms with Crippen molar-refractivity contribution in [1.29, 1.82) is 0 Å². The van der Waals surface area contributed by atoms with Gasteiger partial charge in [-0.05, 0) is 42.5 Å². The van der Waals surface area contributed by atoms with Gasteiger partial charge in [0, 0.05) is 11.4 Å². The van der Waals surface area contributed by atoms with Crippen molar-refractivity contribution in [3.05, 3.63) is 44.7 Å². The van der Waals surface area contributed by atoms with Gasteiger partial charge in [0.1, 0.15) is 16.5 Å². The SMILES string of the molecule is CC1c2ccsc2CCN1c1nc(Cl)ccc1C(=O)O. The highest BCUT2D eigenvalue weighted by Crippen LogP contribution is 2.36. The number of thiophene rings is 1. The summed E-state index contributed by atoms with van der Waals surface area (Å²) in [6.45, 7) is 2.82. The van der Waals surface area contributed by atoms with E-state index in [2.05, 4.69) is 23.4 Å². The van der Waals surface area contributed by atoms with Gasteiger partial charge < -0.3 is 10.0 Å². The van der Waals surface area contributed by atoms with Crippen molar-refractivity contribution in [3.8, 4) is 0 Å². The van der Waals surface area contributed by atoms with Crippen molar-refractivity contribution < 1.29 is 9.90 Å². The predicted octanol–water partition coefficient (Wildman–Crippen LogP) is 3.62. The fraction of sp³-hybridized carbons (Fsp3) is 0.286. The van der Waals surface area contributed by atoms with Crippen molar-refractivity contribution in [2.75, 3.05) is 11.4 Å². The van der Waals surface area contributed by atoms with Crippen LogP contribution >= 0.6 is 22.9 Å². The van der Waals surface area contributed by atoms with E-state index in [1.54, 1.807) is 11.3 Å². The van der Waals surface area contributed by atoms with Gasteiger partial charge in [-0.25, -0.2) is 9.78 Å². The Balaban J connectivity index is 2.06. The first-order valence-corrected chi connectivity index (χ1v) is 7.56. The molecule has 1 aliphatic heterocycles. The number of carboxylic acids is 1. The van der Waals surface area contributed by atoms with Gasteiger partial charge in [0.15, 0.2) is 0 Å². The number of fused-ring (bicyclic) bond motifs is 1. The van der Waals surface area contributed by atoms with Crippen molar-refractivity contribution in [3.63, 3.8) is 0 Å². The lowest BCUT2D eigenvalue weighted by Gasteiger charge is -2.35. The number of anilines is 1. The molecule has 1 atom stereocenters. The van der Waals surface area contributed by atoms with Crippen LogP contribution in [0.3, 0.4) is 0 Å². The van der Waals surface area contributed by atoms with Gasteiger partial charge in [0.2, 0.25) is 0 Å². The van der Waals surface area contributed by atoms with E-state index in [1.165, 1.54) is 22.6 Å². The summed E-state index contributed by atoms with van der Waals surface area (Å²) in [5, 5.41) is 11.7. The topological polar surface area (TPSA) is 53.4 Å². The molecular weight excluding hydrogens is 296 g/mol. The number of hydrogen-bond donors (Lipinski definition) is 1. The second-order valence-electron chi connectivity index (χ2n) is 4.73. The highest BCUT2D eigenvalue weighted by Gasteiger charge is 2.28. The van der Waals surface area contributed by atoms with Crippen molar-refractivity contribution >= 4 is 34.7 Å². The quantitative estimate of drug-likeness (QED) is 0.861. The largest absolute Gasteiger partial charge is 0.478 e. The Bertz CT molecular complexity index is 671. The lowest BCUT2D eigenvalue weighted by Crippen LogP contribution is -2.35. The van der Waals surface area contributed by atoms with Gasteiger partial charge in [-0.15, -0.1) is 11.3 Å². The molecule has 2 aromatic rings. The number of carboxylic acid groups (broad SMARTS) is 1. The molecule has 3 rings (SSSR count). The minimum Gasteiger partial charge on any atom is -0.478 e. The maximum atomic E-state index is 11.4. The number of rotatable bonds is 2. The zero-order chi connectivity index (χ0) is 14.3. The smallest absolute Gasteiger partial charge is 0.339 e. The van der Waals surface area contributed by atoms with Gasteiger partial charge in [-0.1, -0.05) is 11.6 Å². The number of halogens is 1.